The van der Waals surface area contributed by atoms with Crippen LogP contribution in [0.4, 0.5) is 0 Å². The van der Waals surface area contributed by atoms with E-state index in [0.29, 0.717) is 0 Å². The number of rotatable bonds is 5. The topological polar surface area (TPSA) is 60.8 Å². The van der Waals surface area contributed by atoms with Crippen molar-refractivity contribution in [1.29, 1.82) is 0 Å². The van der Waals surface area contributed by atoms with E-state index in [1.54, 1.807) is 11.8 Å². The molecule has 0 amide bonds. The average molecular weight is 265 g/mol. The van der Waals surface area contributed by atoms with Crippen LogP contribution < -0.4 is 0 Å². The number of β-amino-alcohol motifs (C(OH)–C–C–N with tert-alkyl or cyclic N) is 1. The Hall–Kier alpha value is -1.39. The minimum Gasteiger partial charge on any atom is -0.480 e. The number of carboxylic acid groups (broad SMARTS) is 1. The van der Waals surface area contributed by atoms with E-state index in [4.69, 9.17) is 5.11 Å². The molecule has 0 saturated heterocycles. The molecular formula is C15H23NO3. The van der Waals surface area contributed by atoms with Crippen molar-refractivity contribution in [3.63, 3.8) is 0 Å². The molecule has 0 saturated carbocycles. The third kappa shape index (κ3) is 4.65. The second-order valence-electron chi connectivity index (χ2n) is 6.06. The second-order valence-corrected chi connectivity index (χ2v) is 6.06. The lowest BCUT2D eigenvalue weighted by atomic mass is 9.93. The summed E-state index contributed by atoms with van der Waals surface area (Å²) in [5.41, 5.74) is -0.615. The van der Waals surface area contributed by atoms with E-state index < -0.39 is 11.6 Å². The van der Waals surface area contributed by atoms with Gasteiger partial charge in [-0.1, -0.05) is 30.3 Å². The summed E-state index contributed by atoms with van der Waals surface area (Å²) in [7, 11) is 0. The van der Waals surface area contributed by atoms with Crippen LogP contribution in [0.3, 0.4) is 0 Å². The average Bonchev–Trinajstić information content (AvgIpc) is 2.27. The van der Waals surface area contributed by atoms with E-state index in [-0.39, 0.29) is 18.6 Å². The zero-order valence-electron chi connectivity index (χ0n) is 12.1. The first-order chi connectivity index (χ1) is 8.63. The number of benzene rings is 1. The Labute approximate surface area is 114 Å². The molecule has 4 heteroatoms. The molecule has 0 heterocycles. The van der Waals surface area contributed by atoms with Gasteiger partial charge in [-0.15, -0.1) is 0 Å². The lowest BCUT2D eigenvalue weighted by Gasteiger charge is -2.39. The summed E-state index contributed by atoms with van der Waals surface area (Å²) in [4.78, 5) is 12.7. The maximum absolute atomic E-state index is 11.0. The van der Waals surface area contributed by atoms with E-state index in [9.17, 15) is 9.90 Å². The highest BCUT2D eigenvalue weighted by atomic mass is 16.4. The lowest BCUT2D eigenvalue weighted by molar-refractivity contribution is -0.141. The quantitative estimate of drug-likeness (QED) is 0.855. The van der Waals surface area contributed by atoms with E-state index in [1.165, 1.54) is 0 Å². The fourth-order valence-corrected chi connectivity index (χ4v) is 1.95. The highest BCUT2D eigenvalue weighted by molar-refractivity contribution is 5.69. The zero-order valence-corrected chi connectivity index (χ0v) is 12.1. The maximum atomic E-state index is 11.0. The second kappa shape index (κ2) is 5.72. The van der Waals surface area contributed by atoms with Crippen LogP contribution in [0, 0.1) is 0 Å². The predicted molar refractivity (Wildman–Crippen MR) is 75.0 cm³/mol. The van der Waals surface area contributed by atoms with Crippen molar-refractivity contribution in [2.24, 2.45) is 0 Å². The molecule has 19 heavy (non-hydrogen) atoms. The van der Waals surface area contributed by atoms with Gasteiger partial charge in [-0.3, -0.25) is 9.69 Å². The summed E-state index contributed by atoms with van der Waals surface area (Å²) in [6, 6.07) is 9.31. The van der Waals surface area contributed by atoms with Crippen LogP contribution in [0.2, 0.25) is 0 Å². The number of nitrogens with zero attached hydrogens (tertiary/aromatic N) is 1. The monoisotopic (exact) mass is 265 g/mol. The van der Waals surface area contributed by atoms with Crippen LogP contribution in [-0.4, -0.2) is 39.7 Å². The highest BCUT2D eigenvalue weighted by Crippen LogP contribution is 2.25. The van der Waals surface area contributed by atoms with E-state index in [2.05, 4.69) is 0 Å². The summed E-state index contributed by atoms with van der Waals surface area (Å²) in [6.45, 7) is 7.72. The molecule has 2 N–H and O–H groups in total. The number of hydrogen-bond donors (Lipinski definition) is 2. The van der Waals surface area contributed by atoms with Gasteiger partial charge in [0, 0.05) is 12.1 Å². The largest absolute Gasteiger partial charge is 0.480 e. The van der Waals surface area contributed by atoms with Gasteiger partial charge in [0.05, 0.1) is 12.1 Å². The third-order valence-electron chi connectivity index (χ3n) is 3.17. The van der Waals surface area contributed by atoms with Crippen molar-refractivity contribution >= 4 is 5.97 Å². The van der Waals surface area contributed by atoms with Crippen molar-refractivity contribution in [3.05, 3.63) is 35.9 Å². The number of carboxylic acids is 1. The number of carbonyl (C=O) groups is 1. The van der Waals surface area contributed by atoms with Crippen LogP contribution in [0.1, 0.15) is 33.3 Å². The Kier molecular flexibility index (Phi) is 4.71. The Balaban J connectivity index is 2.92. The summed E-state index contributed by atoms with van der Waals surface area (Å²) < 4.78 is 0. The summed E-state index contributed by atoms with van der Waals surface area (Å²) in [5.74, 6) is -0.890. The van der Waals surface area contributed by atoms with Gasteiger partial charge in [0.2, 0.25) is 0 Å². The molecule has 0 fully saturated rings. The molecule has 1 aromatic rings. The van der Waals surface area contributed by atoms with Crippen LogP contribution in [-0.2, 0) is 10.4 Å². The number of aliphatic hydroxyl groups is 1. The van der Waals surface area contributed by atoms with E-state index >= 15 is 0 Å². The van der Waals surface area contributed by atoms with Crippen molar-refractivity contribution < 1.29 is 15.0 Å². The van der Waals surface area contributed by atoms with Crippen molar-refractivity contribution in [3.8, 4) is 0 Å². The zero-order chi connectivity index (χ0) is 14.7. The van der Waals surface area contributed by atoms with Gasteiger partial charge in [0.15, 0.2) is 0 Å². The Morgan fingerprint density at radius 1 is 1.16 bits per heavy atom. The first-order valence-electron chi connectivity index (χ1n) is 6.38. The number of hydrogen-bond acceptors (Lipinski definition) is 3. The normalized spacial score (nSPS) is 15.3. The van der Waals surface area contributed by atoms with Crippen molar-refractivity contribution in [1.82, 2.24) is 4.90 Å². The van der Waals surface area contributed by atoms with Gasteiger partial charge in [-0.2, -0.15) is 0 Å². The van der Waals surface area contributed by atoms with Crippen LogP contribution >= 0.6 is 0 Å². The molecule has 0 bridgehead atoms. The Bertz CT molecular complexity index is 421. The molecule has 1 rings (SSSR count). The minimum absolute atomic E-state index is 0.0908. The fraction of sp³-hybridized carbons (Fsp3) is 0.533. The molecule has 0 radical (unpaired) electrons. The highest BCUT2D eigenvalue weighted by Gasteiger charge is 2.32. The first kappa shape index (κ1) is 15.7. The molecule has 0 spiro atoms. The molecule has 0 aliphatic heterocycles. The van der Waals surface area contributed by atoms with Gasteiger partial charge in [0.1, 0.15) is 0 Å². The molecule has 0 aliphatic carbocycles. The van der Waals surface area contributed by atoms with E-state index in [1.807, 2.05) is 51.1 Å². The van der Waals surface area contributed by atoms with Crippen LogP contribution in [0.15, 0.2) is 30.3 Å². The molecule has 1 atom stereocenters. The molecule has 0 aliphatic rings. The van der Waals surface area contributed by atoms with E-state index in [0.717, 1.165) is 5.56 Å². The minimum atomic E-state index is -1.08. The molecule has 1 aromatic carbocycles. The Morgan fingerprint density at radius 2 is 1.68 bits per heavy atom. The van der Waals surface area contributed by atoms with Gasteiger partial charge in [-0.05, 0) is 33.3 Å². The first-order valence-corrected chi connectivity index (χ1v) is 6.38. The molecular weight excluding hydrogens is 242 g/mol. The molecule has 0 aromatic heterocycles. The van der Waals surface area contributed by atoms with Gasteiger partial charge in [0.25, 0.3) is 0 Å². The van der Waals surface area contributed by atoms with Gasteiger partial charge < -0.3 is 10.2 Å². The van der Waals surface area contributed by atoms with Gasteiger partial charge in [-0.25, -0.2) is 0 Å². The lowest BCUT2D eigenvalue weighted by Crippen LogP contribution is -2.50. The fourth-order valence-electron chi connectivity index (χ4n) is 1.95. The standard InChI is InChI=1S/C15H23NO3/c1-14(2,3)16(10-13(17)18)11-15(4,19)12-8-6-5-7-9-12/h5-9,19H,10-11H2,1-4H3,(H,17,18). The molecule has 1 unspecified atom stereocenters. The van der Waals surface area contributed by atoms with Gasteiger partial charge >= 0.3 is 5.97 Å². The molecule has 4 nitrogen and oxygen atoms in total. The van der Waals surface area contributed by atoms with Crippen LogP contribution in [0.5, 0.6) is 0 Å². The smallest absolute Gasteiger partial charge is 0.317 e. The summed E-state index contributed by atoms with van der Waals surface area (Å²) in [6.07, 6.45) is 0. The number of aliphatic carboxylic acids is 1. The predicted octanol–water partition coefficient (Wildman–Crippen LogP) is 2.08. The van der Waals surface area contributed by atoms with Crippen molar-refractivity contribution in [2.45, 2.75) is 38.8 Å². The third-order valence-corrected chi connectivity index (χ3v) is 3.17. The van der Waals surface area contributed by atoms with Crippen LogP contribution in [0.25, 0.3) is 0 Å². The Morgan fingerprint density at radius 3 is 2.11 bits per heavy atom. The summed E-state index contributed by atoms with van der Waals surface area (Å²) >= 11 is 0. The molecule has 106 valence electrons. The maximum Gasteiger partial charge on any atom is 0.317 e. The van der Waals surface area contributed by atoms with Crippen molar-refractivity contribution in [2.75, 3.05) is 13.1 Å². The summed E-state index contributed by atoms with van der Waals surface area (Å²) in [5, 5.41) is 19.6. The SMILES string of the molecule is CC(O)(CN(CC(=O)O)C(C)(C)C)c1ccccc1.